The predicted octanol–water partition coefficient (Wildman–Crippen LogP) is 4.90. The van der Waals surface area contributed by atoms with Crippen LogP contribution in [0.1, 0.15) is 34.5 Å². The minimum atomic E-state index is 0.0209. The van der Waals surface area contributed by atoms with Crippen molar-refractivity contribution in [1.29, 1.82) is 0 Å². The van der Waals surface area contributed by atoms with E-state index in [0.717, 1.165) is 0 Å². The third-order valence-electron chi connectivity index (χ3n) is 4.04. The molecular formula is C20H16O. The van der Waals surface area contributed by atoms with Gasteiger partial charge in [0.15, 0.2) is 0 Å². The van der Waals surface area contributed by atoms with Crippen LogP contribution in [0.15, 0.2) is 84.9 Å². The molecule has 4 rings (SSSR count). The Balaban J connectivity index is 1.81. The molecule has 0 saturated heterocycles. The summed E-state index contributed by atoms with van der Waals surface area (Å²) in [6, 6.07) is 29.4. The van der Waals surface area contributed by atoms with E-state index in [1.165, 1.54) is 22.3 Å². The van der Waals surface area contributed by atoms with Crippen LogP contribution in [0.5, 0.6) is 0 Å². The monoisotopic (exact) mass is 272 g/mol. The molecule has 1 nitrogen and oxygen atoms in total. The summed E-state index contributed by atoms with van der Waals surface area (Å²) >= 11 is 0. The Bertz CT molecular complexity index is 670. The third-order valence-corrected chi connectivity index (χ3v) is 4.04. The van der Waals surface area contributed by atoms with Gasteiger partial charge in [-0.2, -0.15) is 0 Å². The molecule has 1 aliphatic rings. The highest BCUT2D eigenvalue weighted by atomic mass is 16.5. The van der Waals surface area contributed by atoms with E-state index in [1.54, 1.807) is 0 Å². The molecule has 0 radical (unpaired) electrons. The summed E-state index contributed by atoms with van der Waals surface area (Å²) in [4.78, 5) is 0. The van der Waals surface area contributed by atoms with Gasteiger partial charge >= 0.3 is 0 Å². The zero-order chi connectivity index (χ0) is 14.1. The van der Waals surface area contributed by atoms with Gasteiger partial charge in [0.1, 0.15) is 12.2 Å². The molecule has 3 aromatic carbocycles. The van der Waals surface area contributed by atoms with Crippen LogP contribution in [0.2, 0.25) is 0 Å². The van der Waals surface area contributed by atoms with Crippen molar-refractivity contribution in [3.8, 4) is 0 Å². The van der Waals surface area contributed by atoms with Crippen LogP contribution in [0, 0.1) is 0 Å². The van der Waals surface area contributed by atoms with E-state index in [0.29, 0.717) is 0 Å². The number of fused-ring (bicyclic) bond motifs is 1. The lowest BCUT2D eigenvalue weighted by atomic mass is 9.95. The summed E-state index contributed by atoms with van der Waals surface area (Å²) in [6.07, 6.45) is 0.0419. The highest BCUT2D eigenvalue weighted by Crippen LogP contribution is 2.45. The van der Waals surface area contributed by atoms with Crippen LogP contribution in [0.3, 0.4) is 0 Å². The number of hydrogen-bond donors (Lipinski definition) is 0. The van der Waals surface area contributed by atoms with Crippen molar-refractivity contribution in [2.75, 3.05) is 0 Å². The first-order valence-electron chi connectivity index (χ1n) is 7.27. The molecule has 0 bridgehead atoms. The lowest BCUT2D eigenvalue weighted by molar-refractivity contribution is 0.0582. The maximum atomic E-state index is 6.40. The second kappa shape index (κ2) is 5.19. The van der Waals surface area contributed by atoms with Crippen molar-refractivity contribution in [3.05, 3.63) is 107 Å². The van der Waals surface area contributed by atoms with Gasteiger partial charge in [-0.3, -0.25) is 0 Å². The molecule has 0 aromatic heterocycles. The fourth-order valence-electron chi connectivity index (χ4n) is 3.04. The normalized spacial score (nSPS) is 20.2. The molecule has 0 spiro atoms. The van der Waals surface area contributed by atoms with Gasteiger partial charge in [0.25, 0.3) is 0 Å². The van der Waals surface area contributed by atoms with E-state index in [-0.39, 0.29) is 12.2 Å². The van der Waals surface area contributed by atoms with Gasteiger partial charge < -0.3 is 4.74 Å². The predicted molar refractivity (Wildman–Crippen MR) is 84.1 cm³/mol. The lowest BCUT2D eigenvalue weighted by Crippen LogP contribution is -2.01. The standard InChI is InChI=1S/C20H16O/c1-3-9-15(10-4-1)19-17-13-7-8-14-18(17)20(21-19)16-11-5-2-6-12-16/h1-14,19-20H. The summed E-state index contributed by atoms with van der Waals surface area (Å²) in [5.41, 5.74) is 4.97. The van der Waals surface area contributed by atoms with Crippen molar-refractivity contribution in [3.63, 3.8) is 0 Å². The molecule has 3 aromatic rings. The molecule has 1 heterocycles. The molecule has 0 fully saturated rings. The fraction of sp³-hybridized carbons (Fsp3) is 0.100. The molecule has 0 aliphatic carbocycles. The zero-order valence-electron chi connectivity index (χ0n) is 11.6. The summed E-state index contributed by atoms with van der Waals surface area (Å²) in [7, 11) is 0. The first-order chi connectivity index (χ1) is 10.4. The van der Waals surface area contributed by atoms with Crippen LogP contribution in [-0.4, -0.2) is 0 Å². The molecule has 0 N–H and O–H groups in total. The Morgan fingerprint density at radius 2 is 0.857 bits per heavy atom. The Kier molecular flexibility index (Phi) is 3.06. The summed E-state index contributed by atoms with van der Waals surface area (Å²) < 4.78 is 6.40. The summed E-state index contributed by atoms with van der Waals surface area (Å²) in [6.45, 7) is 0. The van der Waals surface area contributed by atoms with E-state index in [2.05, 4.69) is 72.8 Å². The molecule has 1 heteroatoms. The molecule has 0 saturated carbocycles. The van der Waals surface area contributed by atoms with Gasteiger partial charge in [-0.25, -0.2) is 0 Å². The average molecular weight is 272 g/mol. The second-order valence-corrected chi connectivity index (χ2v) is 5.35. The molecular weight excluding hydrogens is 256 g/mol. The molecule has 2 unspecified atom stereocenters. The molecule has 2 atom stereocenters. The van der Waals surface area contributed by atoms with Gasteiger partial charge in [-0.1, -0.05) is 84.9 Å². The highest BCUT2D eigenvalue weighted by molar-refractivity contribution is 5.44. The van der Waals surface area contributed by atoms with Crippen LogP contribution >= 0.6 is 0 Å². The fourth-order valence-corrected chi connectivity index (χ4v) is 3.04. The van der Waals surface area contributed by atoms with E-state index < -0.39 is 0 Å². The molecule has 1 aliphatic heterocycles. The first-order valence-corrected chi connectivity index (χ1v) is 7.27. The lowest BCUT2D eigenvalue weighted by Gasteiger charge is -2.15. The summed E-state index contributed by atoms with van der Waals surface area (Å²) in [5, 5.41) is 0. The van der Waals surface area contributed by atoms with Crippen LogP contribution in [-0.2, 0) is 4.74 Å². The van der Waals surface area contributed by atoms with Gasteiger partial charge in [-0.05, 0) is 22.3 Å². The average Bonchev–Trinajstić information content (AvgIpc) is 2.96. The van der Waals surface area contributed by atoms with Gasteiger partial charge in [0, 0.05) is 0 Å². The van der Waals surface area contributed by atoms with Crippen LogP contribution in [0.25, 0.3) is 0 Å². The zero-order valence-corrected chi connectivity index (χ0v) is 11.6. The number of rotatable bonds is 2. The van der Waals surface area contributed by atoms with Crippen LogP contribution < -0.4 is 0 Å². The van der Waals surface area contributed by atoms with Crippen molar-refractivity contribution in [1.82, 2.24) is 0 Å². The van der Waals surface area contributed by atoms with Crippen molar-refractivity contribution >= 4 is 0 Å². The molecule has 102 valence electrons. The number of ether oxygens (including phenoxy) is 1. The van der Waals surface area contributed by atoms with Crippen molar-refractivity contribution in [2.45, 2.75) is 12.2 Å². The van der Waals surface area contributed by atoms with Crippen molar-refractivity contribution in [2.24, 2.45) is 0 Å². The van der Waals surface area contributed by atoms with E-state index in [4.69, 9.17) is 4.74 Å². The van der Waals surface area contributed by atoms with Gasteiger partial charge in [0.2, 0.25) is 0 Å². The first kappa shape index (κ1) is 12.4. The van der Waals surface area contributed by atoms with E-state index in [9.17, 15) is 0 Å². The smallest absolute Gasteiger partial charge is 0.109 e. The Morgan fingerprint density at radius 3 is 1.29 bits per heavy atom. The number of benzene rings is 3. The van der Waals surface area contributed by atoms with Gasteiger partial charge in [0.05, 0.1) is 0 Å². The Hall–Kier alpha value is -2.38. The number of hydrogen-bond acceptors (Lipinski definition) is 1. The van der Waals surface area contributed by atoms with Gasteiger partial charge in [-0.15, -0.1) is 0 Å². The maximum absolute atomic E-state index is 6.40. The molecule has 0 amide bonds. The highest BCUT2D eigenvalue weighted by Gasteiger charge is 2.33. The van der Waals surface area contributed by atoms with E-state index >= 15 is 0 Å². The topological polar surface area (TPSA) is 9.23 Å². The van der Waals surface area contributed by atoms with Crippen LogP contribution in [0.4, 0.5) is 0 Å². The minimum Gasteiger partial charge on any atom is -0.356 e. The Labute approximate surface area is 124 Å². The minimum absolute atomic E-state index is 0.0209. The summed E-state index contributed by atoms with van der Waals surface area (Å²) in [5.74, 6) is 0. The van der Waals surface area contributed by atoms with Crippen molar-refractivity contribution < 1.29 is 4.74 Å². The largest absolute Gasteiger partial charge is 0.356 e. The maximum Gasteiger partial charge on any atom is 0.109 e. The second-order valence-electron chi connectivity index (χ2n) is 5.35. The molecule has 21 heavy (non-hydrogen) atoms. The third kappa shape index (κ3) is 2.16. The SMILES string of the molecule is c1ccc(C2OC(c3ccccc3)c3ccccc32)cc1. The Morgan fingerprint density at radius 1 is 0.476 bits per heavy atom. The quantitative estimate of drug-likeness (QED) is 0.645. The van der Waals surface area contributed by atoms with E-state index in [1.807, 2.05) is 12.1 Å².